The Hall–Kier alpha value is -1.84. The van der Waals surface area contributed by atoms with Gasteiger partial charge in [-0.3, -0.25) is 4.79 Å². The number of carbonyl (C=O) groups is 2. The molecule has 4 heteroatoms. The number of rotatable bonds is 6. The lowest BCUT2D eigenvalue weighted by Gasteiger charge is -2.08. The van der Waals surface area contributed by atoms with Gasteiger partial charge in [-0.25, -0.2) is 4.79 Å². The Balaban J connectivity index is 2.66. The molecule has 0 amide bonds. The lowest BCUT2D eigenvalue weighted by Crippen LogP contribution is -2.08. The Morgan fingerprint density at radius 1 is 1.11 bits per heavy atom. The van der Waals surface area contributed by atoms with Gasteiger partial charge in [-0.1, -0.05) is 12.1 Å². The molecular weight excluding hydrogens is 244 g/mol. The van der Waals surface area contributed by atoms with E-state index in [1.165, 1.54) is 0 Å². The van der Waals surface area contributed by atoms with E-state index < -0.39 is 0 Å². The van der Waals surface area contributed by atoms with E-state index in [1.807, 2.05) is 19.1 Å². The minimum absolute atomic E-state index is 0.199. The topological polar surface area (TPSA) is 52.6 Å². The van der Waals surface area contributed by atoms with Crippen molar-refractivity contribution in [1.29, 1.82) is 0 Å². The van der Waals surface area contributed by atoms with Crippen molar-refractivity contribution < 1.29 is 19.1 Å². The van der Waals surface area contributed by atoms with Crippen LogP contribution in [0.4, 0.5) is 0 Å². The third-order valence-electron chi connectivity index (χ3n) is 2.71. The quantitative estimate of drug-likeness (QED) is 0.741. The second-order valence-corrected chi connectivity index (χ2v) is 4.17. The first kappa shape index (κ1) is 15.2. The predicted molar refractivity (Wildman–Crippen MR) is 72.1 cm³/mol. The van der Waals surface area contributed by atoms with Crippen molar-refractivity contribution in [3.05, 3.63) is 34.9 Å². The van der Waals surface area contributed by atoms with Crippen molar-refractivity contribution in [2.75, 3.05) is 13.2 Å². The molecule has 4 nitrogen and oxygen atoms in total. The highest BCUT2D eigenvalue weighted by molar-refractivity contribution is 5.91. The van der Waals surface area contributed by atoms with Crippen LogP contribution in [0, 0.1) is 6.92 Å². The Morgan fingerprint density at radius 3 is 2.37 bits per heavy atom. The van der Waals surface area contributed by atoms with E-state index in [2.05, 4.69) is 0 Å². The third-order valence-corrected chi connectivity index (χ3v) is 2.71. The van der Waals surface area contributed by atoms with Crippen LogP contribution in [0.3, 0.4) is 0 Å². The molecule has 1 aromatic carbocycles. The first-order chi connectivity index (χ1) is 9.08. The van der Waals surface area contributed by atoms with Gasteiger partial charge in [0.05, 0.1) is 18.8 Å². The van der Waals surface area contributed by atoms with Crippen molar-refractivity contribution in [2.45, 2.75) is 33.6 Å². The third kappa shape index (κ3) is 4.73. The van der Waals surface area contributed by atoms with Gasteiger partial charge in [0, 0.05) is 6.42 Å². The maximum atomic E-state index is 11.6. The molecule has 0 aromatic heterocycles. The molecule has 0 N–H and O–H groups in total. The Morgan fingerprint density at radius 2 is 1.79 bits per heavy atom. The maximum Gasteiger partial charge on any atom is 0.338 e. The number of hydrogen-bond acceptors (Lipinski definition) is 4. The monoisotopic (exact) mass is 264 g/mol. The fourth-order valence-corrected chi connectivity index (χ4v) is 1.80. The number of hydrogen-bond donors (Lipinski definition) is 0. The highest BCUT2D eigenvalue weighted by Crippen LogP contribution is 2.14. The van der Waals surface area contributed by atoms with Gasteiger partial charge in [0.2, 0.25) is 0 Å². The molecule has 0 saturated heterocycles. The zero-order chi connectivity index (χ0) is 14.3. The van der Waals surface area contributed by atoms with Crippen molar-refractivity contribution >= 4 is 11.9 Å². The fraction of sp³-hybridized carbons (Fsp3) is 0.467. The van der Waals surface area contributed by atoms with E-state index in [0.717, 1.165) is 11.1 Å². The summed E-state index contributed by atoms with van der Waals surface area (Å²) in [7, 11) is 0. The summed E-state index contributed by atoms with van der Waals surface area (Å²) < 4.78 is 9.84. The standard InChI is InChI=1S/C15H20O4/c1-4-18-14(16)9-7-12-6-8-13(11(3)10-12)15(17)19-5-2/h6,8,10H,4-5,7,9H2,1-3H3. The summed E-state index contributed by atoms with van der Waals surface area (Å²) in [6.45, 7) is 6.19. The van der Waals surface area contributed by atoms with Crippen molar-refractivity contribution in [2.24, 2.45) is 0 Å². The normalized spacial score (nSPS) is 10.1. The van der Waals surface area contributed by atoms with Gasteiger partial charge in [-0.15, -0.1) is 0 Å². The molecule has 0 bridgehead atoms. The van der Waals surface area contributed by atoms with E-state index in [4.69, 9.17) is 9.47 Å². The van der Waals surface area contributed by atoms with E-state index >= 15 is 0 Å². The minimum atomic E-state index is -0.308. The molecule has 19 heavy (non-hydrogen) atoms. The smallest absolute Gasteiger partial charge is 0.338 e. The van der Waals surface area contributed by atoms with Crippen molar-refractivity contribution in [1.82, 2.24) is 0 Å². The molecule has 0 aliphatic rings. The number of carbonyl (C=O) groups excluding carboxylic acids is 2. The molecule has 1 rings (SSSR count). The summed E-state index contributed by atoms with van der Waals surface area (Å²) in [4.78, 5) is 22.9. The highest BCUT2D eigenvalue weighted by atomic mass is 16.5. The minimum Gasteiger partial charge on any atom is -0.466 e. The summed E-state index contributed by atoms with van der Waals surface area (Å²) in [5.74, 6) is -0.508. The van der Waals surface area contributed by atoms with Crippen LogP contribution in [0.5, 0.6) is 0 Å². The molecule has 0 aliphatic carbocycles. The molecule has 0 spiro atoms. The lowest BCUT2D eigenvalue weighted by atomic mass is 10.0. The fourth-order valence-electron chi connectivity index (χ4n) is 1.80. The molecule has 0 atom stereocenters. The van der Waals surface area contributed by atoms with Crippen LogP contribution in [0.2, 0.25) is 0 Å². The summed E-state index contributed by atoms with van der Waals surface area (Å²) in [6, 6.07) is 5.50. The van der Waals surface area contributed by atoms with Crippen molar-refractivity contribution in [3.8, 4) is 0 Å². The predicted octanol–water partition coefficient (Wildman–Crippen LogP) is 2.67. The molecule has 0 unspecified atom stereocenters. The zero-order valence-electron chi connectivity index (χ0n) is 11.7. The van der Waals surface area contributed by atoms with Crippen LogP contribution in [0.1, 0.15) is 41.8 Å². The molecule has 0 saturated carbocycles. The van der Waals surface area contributed by atoms with E-state index in [9.17, 15) is 9.59 Å². The van der Waals surface area contributed by atoms with E-state index in [1.54, 1.807) is 19.9 Å². The largest absolute Gasteiger partial charge is 0.466 e. The summed E-state index contributed by atoms with van der Waals surface area (Å²) in [5.41, 5.74) is 2.44. The first-order valence-electron chi connectivity index (χ1n) is 6.50. The summed E-state index contributed by atoms with van der Waals surface area (Å²) in [5, 5.41) is 0. The van der Waals surface area contributed by atoms with Gasteiger partial charge in [0.1, 0.15) is 0 Å². The van der Waals surface area contributed by atoms with Crippen LogP contribution in [-0.4, -0.2) is 25.2 Å². The average Bonchev–Trinajstić information content (AvgIpc) is 2.37. The van der Waals surface area contributed by atoms with Gasteiger partial charge < -0.3 is 9.47 Å². The zero-order valence-corrected chi connectivity index (χ0v) is 11.7. The van der Waals surface area contributed by atoms with Gasteiger partial charge in [0.25, 0.3) is 0 Å². The maximum absolute atomic E-state index is 11.6. The Kier molecular flexibility index (Phi) is 6.06. The molecule has 0 fully saturated rings. The summed E-state index contributed by atoms with van der Waals surface area (Å²) >= 11 is 0. The van der Waals surface area contributed by atoms with Crippen LogP contribution < -0.4 is 0 Å². The Bertz CT molecular complexity index is 451. The second kappa shape index (κ2) is 7.56. The average molecular weight is 264 g/mol. The molecular formula is C15H20O4. The molecule has 104 valence electrons. The number of esters is 2. The van der Waals surface area contributed by atoms with Gasteiger partial charge in [-0.05, 0) is 44.4 Å². The molecule has 0 aliphatic heterocycles. The van der Waals surface area contributed by atoms with E-state index in [0.29, 0.717) is 31.6 Å². The van der Waals surface area contributed by atoms with Crippen LogP contribution in [-0.2, 0) is 20.7 Å². The van der Waals surface area contributed by atoms with Crippen LogP contribution in [0.25, 0.3) is 0 Å². The SMILES string of the molecule is CCOC(=O)CCc1ccc(C(=O)OCC)c(C)c1. The molecule has 0 radical (unpaired) electrons. The van der Waals surface area contributed by atoms with Gasteiger partial charge >= 0.3 is 11.9 Å². The number of aryl methyl sites for hydroxylation is 2. The van der Waals surface area contributed by atoms with Gasteiger partial charge in [-0.2, -0.15) is 0 Å². The van der Waals surface area contributed by atoms with E-state index in [-0.39, 0.29) is 11.9 Å². The van der Waals surface area contributed by atoms with Crippen LogP contribution >= 0.6 is 0 Å². The van der Waals surface area contributed by atoms with Gasteiger partial charge in [0.15, 0.2) is 0 Å². The molecule has 1 aromatic rings. The molecule has 0 heterocycles. The number of benzene rings is 1. The Labute approximate surface area is 113 Å². The van der Waals surface area contributed by atoms with Crippen molar-refractivity contribution in [3.63, 3.8) is 0 Å². The first-order valence-corrected chi connectivity index (χ1v) is 6.50. The second-order valence-electron chi connectivity index (χ2n) is 4.17. The van der Waals surface area contributed by atoms with Crippen LogP contribution in [0.15, 0.2) is 18.2 Å². The lowest BCUT2D eigenvalue weighted by molar-refractivity contribution is -0.143. The summed E-state index contributed by atoms with van der Waals surface area (Å²) in [6.07, 6.45) is 0.967. The number of ether oxygens (including phenoxy) is 2. The highest BCUT2D eigenvalue weighted by Gasteiger charge is 2.10.